The molecule has 6 nitrogen and oxygen atoms in total. The summed E-state index contributed by atoms with van der Waals surface area (Å²) in [6.07, 6.45) is 0. The molecule has 1 amide bonds. The monoisotopic (exact) mass is 397 g/mol. The Morgan fingerprint density at radius 3 is 2.39 bits per heavy atom. The summed E-state index contributed by atoms with van der Waals surface area (Å²) in [6.45, 7) is 1.88. The predicted molar refractivity (Wildman–Crippen MR) is 113 cm³/mol. The fourth-order valence-corrected chi connectivity index (χ4v) is 3.74. The van der Waals surface area contributed by atoms with Crippen molar-refractivity contribution in [3.05, 3.63) is 66.2 Å². The molecular formula is C21H23N3O3S. The van der Waals surface area contributed by atoms with E-state index in [-0.39, 0.29) is 17.3 Å². The Balaban J connectivity index is 1.70. The Bertz CT molecular complexity index is 1120. The number of sulfonamides is 1. The van der Waals surface area contributed by atoms with E-state index in [2.05, 4.69) is 10.6 Å². The second kappa shape index (κ2) is 8.00. The van der Waals surface area contributed by atoms with Gasteiger partial charge in [-0.1, -0.05) is 36.4 Å². The number of aryl methyl sites for hydroxylation is 1. The lowest BCUT2D eigenvalue weighted by Crippen LogP contribution is -2.23. The molecule has 0 aliphatic rings. The van der Waals surface area contributed by atoms with Crippen LogP contribution in [0.5, 0.6) is 0 Å². The van der Waals surface area contributed by atoms with Crippen LogP contribution in [0, 0.1) is 6.92 Å². The average Bonchev–Trinajstić information content (AvgIpc) is 2.67. The molecular weight excluding hydrogens is 374 g/mol. The Kier molecular flexibility index (Phi) is 5.67. The molecule has 0 heterocycles. The van der Waals surface area contributed by atoms with E-state index >= 15 is 0 Å². The first-order valence-electron chi connectivity index (χ1n) is 8.83. The lowest BCUT2D eigenvalue weighted by molar-refractivity contribution is -0.114. The SMILES string of the molecule is Cc1ccc(S(=O)(=O)N(C)C)cc1NCC(=O)Nc1ccc2ccccc2c1. The van der Waals surface area contributed by atoms with Crippen molar-refractivity contribution in [1.29, 1.82) is 0 Å². The van der Waals surface area contributed by atoms with Gasteiger partial charge in [0.15, 0.2) is 0 Å². The minimum atomic E-state index is -3.53. The van der Waals surface area contributed by atoms with Crippen LogP contribution in [0.1, 0.15) is 5.56 Å². The summed E-state index contributed by atoms with van der Waals surface area (Å²) in [5.41, 5.74) is 2.18. The summed E-state index contributed by atoms with van der Waals surface area (Å²) >= 11 is 0. The predicted octanol–water partition coefficient (Wildman–Crippen LogP) is 3.45. The topological polar surface area (TPSA) is 78.5 Å². The first-order valence-corrected chi connectivity index (χ1v) is 10.3. The van der Waals surface area contributed by atoms with E-state index in [1.54, 1.807) is 18.2 Å². The third-order valence-corrected chi connectivity index (χ3v) is 6.27. The van der Waals surface area contributed by atoms with E-state index in [1.165, 1.54) is 14.1 Å². The number of rotatable bonds is 6. The van der Waals surface area contributed by atoms with Gasteiger partial charge in [0.05, 0.1) is 11.4 Å². The molecule has 3 aromatic rings. The van der Waals surface area contributed by atoms with Crippen LogP contribution in [-0.2, 0) is 14.8 Å². The molecule has 0 saturated carbocycles. The van der Waals surface area contributed by atoms with Crippen molar-refractivity contribution in [2.75, 3.05) is 31.3 Å². The van der Waals surface area contributed by atoms with Crippen molar-refractivity contribution < 1.29 is 13.2 Å². The molecule has 2 N–H and O–H groups in total. The Hall–Kier alpha value is -2.90. The van der Waals surface area contributed by atoms with E-state index in [1.807, 2.05) is 49.4 Å². The number of carbonyl (C=O) groups excluding carboxylic acids is 1. The van der Waals surface area contributed by atoms with Gasteiger partial charge in [-0.3, -0.25) is 4.79 Å². The molecule has 0 unspecified atom stereocenters. The van der Waals surface area contributed by atoms with Crippen LogP contribution < -0.4 is 10.6 Å². The van der Waals surface area contributed by atoms with E-state index in [4.69, 9.17) is 0 Å². The number of anilines is 2. The minimum absolute atomic E-state index is 0.0269. The quantitative estimate of drug-likeness (QED) is 0.668. The molecule has 7 heteroatoms. The standard InChI is InChI=1S/C21H23N3O3S/c1-15-8-11-19(28(26,27)24(2)3)13-20(15)22-14-21(25)23-18-10-9-16-6-4-5-7-17(16)12-18/h4-13,22H,14H2,1-3H3,(H,23,25). The molecule has 3 aromatic carbocycles. The Labute approximate surface area is 165 Å². The van der Waals surface area contributed by atoms with E-state index < -0.39 is 10.0 Å². The maximum atomic E-state index is 12.3. The highest BCUT2D eigenvalue weighted by Crippen LogP contribution is 2.22. The van der Waals surface area contributed by atoms with E-state index in [9.17, 15) is 13.2 Å². The number of hydrogen-bond acceptors (Lipinski definition) is 4. The molecule has 0 atom stereocenters. The summed E-state index contributed by atoms with van der Waals surface area (Å²) < 4.78 is 25.8. The second-order valence-electron chi connectivity index (χ2n) is 6.73. The van der Waals surface area contributed by atoms with Crippen molar-refractivity contribution in [3.63, 3.8) is 0 Å². The Morgan fingerprint density at radius 1 is 0.964 bits per heavy atom. The average molecular weight is 398 g/mol. The smallest absolute Gasteiger partial charge is 0.243 e. The molecule has 0 fully saturated rings. The lowest BCUT2D eigenvalue weighted by Gasteiger charge is -2.15. The van der Waals surface area contributed by atoms with Gasteiger partial charge in [0.1, 0.15) is 0 Å². The highest BCUT2D eigenvalue weighted by Gasteiger charge is 2.18. The molecule has 0 radical (unpaired) electrons. The molecule has 0 aromatic heterocycles. The van der Waals surface area contributed by atoms with Crippen molar-refractivity contribution in [1.82, 2.24) is 4.31 Å². The van der Waals surface area contributed by atoms with Crippen LogP contribution in [-0.4, -0.2) is 39.3 Å². The molecule has 0 aliphatic heterocycles. The maximum Gasteiger partial charge on any atom is 0.243 e. The molecule has 3 rings (SSSR count). The summed E-state index contributed by atoms with van der Waals surface area (Å²) in [6, 6.07) is 18.5. The number of benzene rings is 3. The van der Waals surface area contributed by atoms with Crippen LogP contribution in [0.15, 0.2) is 65.6 Å². The van der Waals surface area contributed by atoms with Crippen molar-refractivity contribution in [2.24, 2.45) is 0 Å². The van der Waals surface area contributed by atoms with Gasteiger partial charge in [0.2, 0.25) is 15.9 Å². The van der Waals surface area contributed by atoms with Crippen LogP contribution >= 0.6 is 0 Å². The first kappa shape index (κ1) is 19.9. The first-order chi connectivity index (χ1) is 13.3. The number of nitrogens with one attached hydrogen (secondary N) is 2. The third-order valence-electron chi connectivity index (χ3n) is 4.46. The molecule has 0 saturated heterocycles. The van der Waals surface area contributed by atoms with Crippen LogP contribution in [0.4, 0.5) is 11.4 Å². The zero-order valence-electron chi connectivity index (χ0n) is 16.1. The summed E-state index contributed by atoms with van der Waals surface area (Å²) in [7, 11) is -0.560. The summed E-state index contributed by atoms with van der Waals surface area (Å²) in [5.74, 6) is -0.212. The normalized spacial score (nSPS) is 11.6. The van der Waals surface area contributed by atoms with E-state index in [0.717, 1.165) is 20.6 Å². The number of amides is 1. The maximum absolute atomic E-state index is 12.3. The number of hydrogen-bond donors (Lipinski definition) is 2. The molecule has 0 spiro atoms. The zero-order valence-corrected chi connectivity index (χ0v) is 16.9. The van der Waals surface area contributed by atoms with Gasteiger partial charge in [0.25, 0.3) is 0 Å². The zero-order chi connectivity index (χ0) is 20.3. The highest BCUT2D eigenvalue weighted by molar-refractivity contribution is 7.89. The molecule has 0 bridgehead atoms. The van der Waals surface area contributed by atoms with E-state index in [0.29, 0.717) is 11.4 Å². The molecule has 146 valence electrons. The van der Waals surface area contributed by atoms with Gasteiger partial charge >= 0.3 is 0 Å². The van der Waals surface area contributed by atoms with Crippen LogP contribution in [0.2, 0.25) is 0 Å². The van der Waals surface area contributed by atoms with Crippen LogP contribution in [0.3, 0.4) is 0 Å². The fraction of sp³-hybridized carbons (Fsp3) is 0.190. The van der Waals surface area contributed by atoms with Gasteiger partial charge in [-0.15, -0.1) is 0 Å². The number of fused-ring (bicyclic) bond motifs is 1. The van der Waals surface area contributed by atoms with Gasteiger partial charge < -0.3 is 10.6 Å². The largest absolute Gasteiger partial charge is 0.376 e. The minimum Gasteiger partial charge on any atom is -0.376 e. The molecule has 0 aliphatic carbocycles. The highest BCUT2D eigenvalue weighted by atomic mass is 32.2. The molecule has 28 heavy (non-hydrogen) atoms. The third kappa shape index (κ3) is 4.32. The van der Waals surface area contributed by atoms with Gasteiger partial charge in [-0.2, -0.15) is 0 Å². The number of nitrogens with zero attached hydrogens (tertiary/aromatic N) is 1. The van der Waals surface area contributed by atoms with Gasteiger partial charge in [0, 0.05) is 25.5 Å². The van der Waals surface area contributed by atoms with Crippen LogP contribution in [0.25, 0.3) is 10.8 Å². The van der Waals surface area contributed by atoms with Gasteiger partial charge in [-0.05, 0) is 47.5 Å². The summed E-state index contributed by atoms with van der Waals surface area (Å²) in [4.78, 5) is 12.5. The Morgan fingerprint density at radius 2 is 1.68 bits per heavy atom. The van der Waals surface area contributed by atoms with Crippen molar-refractivity contribution >= 4 is 38.1 Å². The second-order valence-corrected chi connectivity index (χ2v) is 8.88. The van der Waals surface area contributed by atoms with Crippen molar-refractivity contribution in [3.8, 4) is 0 Å². The summed E-state index contributed by atoms with van der Waals surface area (Å²) in [5, 5.41) is 8.04. The van der Waals surface area contributed by atoms with Gasteiger partial charge in [-0.25, -0.2) is 12.7 Å². The van der Waals surface area contributed by atoms with Crippen molar-refractivity contribution in [2.45, 2.75) is 11.8 Å². The lowest BCUT2D eigenvalue weighted by atomic mass is 10.1. The number of carbonyl (C=O) groups is 1. The fourth-order valence-electron chi connectivity index (χ4n) is 2.81.